The largest absolute Gasteiger partial charge is 0.493 e. The molecule has 1 aliphatic rings. The van der Waals surface area contributed by atoms with Crippen molar-refractivity contribution in [1.82, 2.24) is 10.3 Å². The molecule has 1 aliphatic carbocycles. The molecule has 3 unspecified atom stereocenters. The minimum atomic E-state index is -0.113. The maximum absolute atomic E-state index is 12.4. The van der Waals surface area contributed by atoms with E-state index < -0.39 is 0 Å². The fourth-order valence-electron chi connectivity index (χ4n) is 3.38. The number of nitrogens with two attached hydrogens (primary N) is 1. The molecule has 1 heterocycles. The van der Waals surface area contributed by atoms with Gasteiger partial charge in [0.15, 0.2) is 11.5 Å². The van der Waals surface area contributed by atoms with Crippen LogP contribution in [0.4, 0.5) is 0 Å². The number of amides is 1. The molecular weight excluding hydrogens is 342 g/mol. The molecule has 3 rings (SSSR count). The molecule has 3 atom stereocenters. The monoisotopic (exact) mass is 369 g/mol. The highest BCUT2D eigenvalue weighted by Gasteiger charge is 2.28. The van der Waals surface area contributed by atoms with Crippen molar-refractivity contribution in [1.29, 1.82) is 0 Å². The first kappa shape index (κ1) is 19.2. The van der Waals surface area contributed by atoms with E-state index in [0.29, 0.717) is 18.1 Å². The van der Waals surface area contributed by atoms with Crippen molar-refractivity contribution in [2.75, 3.05) is 7.11 Å². The molecule has 0 saturated heterocycles. The Kier molecular flexibility index (Phi) is 6.29. The molecule has 1 aromatic carbocycles. The Morgan fingerprint density at radius 1 is 1.26 bits per heavy atom. The van der Waals surface area contributed by atoms with Crippen molar-refractivity contribution < 1.29 is 14.3 Å². The van der Waals surface area contributed by atoms with Gasteiger partial charge in [-0.05, 0) is 61.6 Å². The van der Waals surface area contributed by atoms with Crippen molar-refractivity contribution >= 4 is 5.91 Å². The van der Waals surface area contributed by atoms with E-state index >= 15 is 0 Å². The second-order valence-corrected chi connectivity index (χ2v) is 7.05. The van der Waals surface area contributed by atoms with E-state index in [9.17, 15) is 4.79 Å². The highest BCUT2D eigenvalue weighted by molar-refractivity contribution is 5.79. The van der Waals surface area contributed by atoms with Gasteiger partial charge in [0.2, 0.25) is 5.91 Å². The predicted molar refractivity (Wildman–Crippen MR) is 103 cm³/mol. The van der Waals surface area contributed by atoms with Crippen LogP contribution >= 0.6 is 0 Å². The number of carbonyl (C=O) groups is 1. The molecule has 0 aliphatic heterocycles. The van der Waals surface area contributed by atoms with E-state index in [2.05, 4.69) is 10.3 Å². The summed E-state index contributed by atoms with van der Waals surface area (Å²) in [6, 6.07) is 9.60. The maximum Gasteiger partial charge on any atom is 0.223 e. The van der Waals surface area contributed by atoms with E-state index in [1.165, 1.54) is 0 Å². The van der Waals surface area contributed by atoms with E-state index in [4.69, 9.17) is 15.2 Å². The number of carbonyl (C=O) groups excluding carboxylic acids is 1. The third-order valence-electron chi connectivity index (χ3n) is 5.03. The number of pyridine rings is 1. The van der Waals surface area contributed by atoms with E-state index in [1.807, 2.05) is 37.3 Å². The summed E-state index contributed by atoms with van der Waals surface area (Å²) >= 11 is 0. The highest BCUT2D eigenvalue weighted by Crippen LogP contribution is 2.31. The molecule has 2 aromatic rings. The van der Waals surface area contributed by atoms with Crippen LogP contribution in [0.3, 0.4) is 0 Å². The fraction of sp³-hybridized carbons (Fsp3) is 0.429. The zero-order chi connectivity index (χ0) is 19.2. The number of nitrogens with one attached hydrogen (secondary N) is 1. The second kappa shape index (κ2) is 8.86. The van der Waals surface area contributed by atoms with Crippen LogP contribution in [0.5, 0.6) is 11.5 Å². The minimum Gasteiger partial charge on any atom is -0.493 e. The number of hydrogen-bond acceptors (Lipinski definition) is 5. The quantitative estimate of drug-likeness (QED) is 0.784. The number of nitrogens with zero attached hydrogens (tertiary/aromatic N) is 1. The molecule has 1 saturated carbocycles. The zero-order valence-electron chi connectivity index (χ0n) is 15.9. The average Bonchev–Trinajstić information content (AvgIpc) is 3.13. The summed E-state index contributed by atoms with van der Waals surface area (Å²) in [5, 5.41) is 3.09. The first-order valence-corrected chi connectivity index (χ1v) is 9.32. The summed E-state index contributed by atoms with van der Waals surface area (Å²) in [6.45, 7) is 2.41. The van der Waals surface area contributed by atoms with Gasteiger partial charge < -0.3 is 20.5 Å². The van der Waals surface area contributed by atoms with Gasteiger partial charge in [-0.1, -0.05) is 6.07 Å². The predicted octanol–water partition coefficient (Wildman–Crippen LogP) is 2.97. The molecule has 144 valence electrons. The van der Waals surface area contributed by atoms with Gasteiger partial charge in [-0.15, -0.1) is 0 Å². The van der Waals surface area contributed by atoms with Crippen molar-refractivity contribution in [3.63, 3.8) is 0 Å². The topological polar surface area (TPSA) is 86.5 Å². The van der Waals surface area contributed by atoms with Gasteiger partial charge in [0, 0.05) is 24.4 Å². The Morgan fingerprint density at radius 3 is 2.70 bits per heavy atom. The van der Waals surface area contributed by atoms with Gasteiger partial charge in [0.25, 0.3) is 0 Å². The molecule has 0 bridgehead atoms. The van der Waals surface area contributed by atoms with Crippen molar-refractivity contribution in [3.8, 4) is 11.5 Å². The Labute approximate surface area is 160 Å². The van der Waals surface area contributed by atoms with Gasteiger partial charge in [0.05, 0.1) is 13.2 Å². The van der Waals surface area contributed by atoms with Gasteiger partial charge >= 0.3 is 0 Å². The van der Waals surface area contributed by atoms with E-state index in [0.717, 1.165) is 30.4 Å². The van der Waals surface area contributed by atoms with Crippen molar-refractivity contribution in [2.45, 2.75) is 44.9 Å². The summed E-state index contributed by atoms with van der Waals surface area (Å²) in [5.74, 6) is 1.41. The third-order valence-corrected chi connectivity index (χ3v) is 5.03. The van der Waals surface area contributed by atoms with Crippen molar-refractivity contribution in [2.24, 2.45) is 11.7 Å². The normalized spacial score (nSPS) is 20.1. The molecule has 0 radical (unpaired) electrons. The van der Waals surface area contributed by atoms with Crippen LogP contribution in [0.25, 0.3) is 0 Å². The maximum atomic E-state index is 12.4. The van der Waals surface area contributed by atoms with Crippen LogP contribution in [0, 0.1) is 5.92 Å². The first-order valence-electron chi connectivity index (χ1n) is 9.32. The molecule has 3 N–H and O–H groups in total. The molecule has 27 heavy (non-hydrogen) atoms. The van der Waals surface area contributed by atoms with Crippen LogP contribution in [0.1, 0.15) is 43.4 Å². The Hall–Kier alpha value is -2.60. The van der Waals surface area contributed by atoms with Gasteiger partial charge in [-0.25, -0.2) is 0 Å². The Morgan fingerprint density at radius 2 is 2.04 bits per heavy atom. The summed E-state index contributed by atoms with van der Waals surface area (Å²) in [4.78, 5) is 16.4. The second-order valence-electron chi connectivity index (χ2n) is 7.05. The number of ether oxygens (including phenoxy) is 2. The SMILES string of the molecule is COc1cc(C(C)NC(=O)C2CCC(N)C2)ccc1OCc1ccncc1. The van der Waals surface area contributed by atoms with Crippen LogP contribution in [0.2, 0.25) is 0 Å². The van der Waals surface area contributed by atoms with E-state index in [1.54, 1.807) is 19.5 Å². The molecule has 6 nitrogen and oxygen atoms in total. The van der Waals surface area contributed by atoms with E-state index in [-0.39, 0.29) is 23.9 Å². The Balaban J connectivity index is 1.63. The number of aromatic nitrogens is 1. The molecule has 6 heteroatoms. The van der Waals surface area contributed by atoms with Crippen molar-refractivity contribution in [3.05, 3.63) is 53.9 Å². The summed E-state index contributed by atoms with van der Waals surface area (Å²) in [7, 11) is 1.61. The Bertz CT molecular complexity index is 767. The third kappa shape index (κ3) is 4.98. The summed E-state index contributed by atoms with van der Waals surface area (Å²) in [5.41, 5.74) is 7.92. The van der Waals surface area contributed by atoms with Crippen LogP contribution < -0.4 is 20.5 Å². The number of hydrogen-bond donors (Lipinski definition) is 2. The lowest BCUT2D eigenvalue weighted by Gasteiger charge is -2.19. The van der Waals surface area contributed by atoms with Crippen LogP contribution in [0.15, 0.2) is 42.7 Å². The molecule has 1 amide bonds. The van der Waals surface area contributed by atoms with Gasteiger partial charge in [0.1, 0.15) is 6.61 Å². The van der Waals surface area contributed by atoms with Gasteiger partial charge in [-0.2, -0.15) is 0 Å². The number of methoxy groups -OCH3 is 1. The zero-order valence-corrected chi connectivity index (χ0v) is 15.9. The number of rotatable bonds is 7. The fourth-order valence-corrected chi connectivity index (χ4v) is 3.38. The lowest BCUT2D eigenvalue weighted by molar-refractivity contribution is -0.125. The highest BCUT2D eigenvalue weighted by atomic mass is 16.5. The van der Waals surface area contributed by atoms with Crippen LogP contribution in [-0.4, -0.2) is 24.0 Å². The molecule has 1 aromatic heterocycles. The molecule has 0 spiro atoms. The van der Waals surface area contributed by atoms with Crippen LogP contribution in [-0.2, 0) is 11.4 Å². The first-order chi connectivity index (χ1) is 13.1. The van der Waals surface area contributed by atoms with Gasteiger partial charge in [-0.3, -0.25) is 9.78 Å². The smallest absolute Gasteiger partial charge is 0.223 e. The summed E-state index contributed by atoms with van der Waals surface area (Å²) in [6.07, 6.45) is 6.03. The lowest BCUT2D eigenvalue weighted by atomic mass is 10.0. The average molecular weight is 369 g/mol. The summed E-state index contributed by atoms with van der Waals surface area (Å²) < 4.78 is 11.3. The lowest BCUT2D eigenvalue weighted by Crippen LogP contribution is -2.32. The molecule has 1 fully saturated rings. The standard InChI is InChI=1S/C21H27N3O3/c1-14(24-21(25)17-3-5-18(22)11-17)16-4-6-19(20(12-16)26-2)27-13-15-7-9-23-10-8-15/h4,6-10,12,14,17-18H,3,5,11,13,22H2,1-2H3,(H,24,25). The minimum absolute atomic E-state index is 0.0207. The molecular formula is C21H27N3O3. The number of benzene rings is 1.